The number of nitrogens with one attached hydrogen (secondary N) is 1. The second-order valence-corrected chi connectivity index (χ2v) is 3.80. The van der Waals surface area contributed by atoms with E-state index in [4.69, 9.17) is 27.3 Å². The van der Waals surface area contributed by atoms with Gasteiger partial charge in [-0.15, -0.1) is 0 Å². The Balaban J connectivity index is 2.21. The molecule has 18 heavy (non-hydrogen) atoms. The minimum Gasteiger partial charge on any atom is -0.437 e. The summed E-state index contributed by atoms with van der Waals surface area (Å²) in [7, 11) is 0. The molecular weight excluding hydrogens is 256 g/mol. The van der Waals surface area contributed by atoms with Crippen LogP contribution >= 0.6 is 11.6 Å². The number of nitrogens with zero attached hydrogens (tertiary/aromatic N) is 2. The number of rotatable bonds is 4. The van der Waals surface area contributed by atoms with E-state index >= 15 is 0 Å². The van der Waals surface area contributed by atoms with Crippen molar-refractivity contribution in [2.24, 2.45) is 5.84 Å². The number of aliphatic hydroxyl groups excluding tert-OH is 1. The van der Waals surface area contributed by atoms with E-state index in [2.05, 4.69) is 15.4 Å². The number of ether oxygens (including phenoxy) is 1. The van der Waals surface area contributed by atoms with Gasteiger partial charge in [-0.1, -0.05) is 23.7 Å². The molecule has 1 aromatic carbocycles. The summed E-state index contributed by atoms with van der Waals surface area (Å²) in [5, 5.41) is 9.20. The van der Waals surface area contributed by atoms with Crippen LogP contribution in [0, 0.1) is 0 Å². The van der Waals surface area contributed by atoms with Crippen LogP contribution in [0.25, 0.3) is 0 Å². The van der Waals surface area contributed by atoms with Gasteiger partial charge in [0.15, 0.2) is 0 Å². The maximum atomic E-state index is 8.93. The third-order valence-electron chi connectivity index (χ3n) is 2.16. The Morgan fingerprint density at radius 3 is 2.67 bits per heavy atom. The quantitative estimate of drug-likeness (QED) is 0.576. The fraction of sp³-hybridized carbons (Fsp3) is 0.0909. The zero-order chi connectivity index (χ0) is 13.0. The Morgan fingerprint density at radius 1 is 1.33 bits per heavy atom. The highest BCUT2D eigenvalue weighted by atomic mass is 35.5. The van der Waals surface area contributed by atoms with Gasteiger partial charge in [0.05, 0.1) is 12.8 Å². The van der Waals surface area contributed by atoms with Crippen LogP contribution in [0.5, 0.6) is 11.6 Å². The third-order valence-corrected chi connectivity index (χ3v) is 2.42. The van der Waals surface area contributed by atoms with Crippen molar-refractivity contribution in [1.29, 1.82) is 0 Å². The fourth-order valence-electron chi connectivity index (χ4n) is 1.27. The van der Waals surface area contributed by atoms with E-state index in [0.717, 1.165) is 5.56 Å². The molecule has 0 aliphatic rings. The minimum absolute atomic E-state index is 0.0181. The predicted molar refractivity (Wildman–Crippen MR) is 67.3 cm³/mol. The summed E-state index contributed by atoms with van der Waals surface area (Å²) < 4.78 is 5.49. The van der Waals surface area contributed by atoms with Gasteiger partial charge < -0.3 is 9.84 Å². The number of nitrogens with two attached hydrogens (primary N) is 1. The Labute approximate surface area is 108 Å². The van der Waals surface area contributed by atoms with Crippen molar-refractivity contribution in [2.75, 3.05) is 5.43 Å². The maximum absolute atomic E-state index is 8.93. The Kier molecular flexibility index (Phi) is 3.93. The average Bonchev–Trinajstić information content (AvgIpc) is 2.42. The van der Waals surface area contributed by atoms with E-state index in [1.54, 1.807) is 24.3 Å². The molecule has 1 heterocycles. The summed E-state index contributed by atoms with van der Waals surface area (Å²) >= 11 is 5.90. The highest BCUT2D eigenvalue weighted by Crippen LogP contribution is 2.27. The highest BCUT2D eigenvalue weighted by Gasteiger charge is 2.07. The largest absolute Gasteiger partial charge is 0.437 e. The number of anilines is 1. The second-order valence-electron chi connectivity index (χ2n) is 3.40. The van der Waals surface area contributed by atoms with E-state index < -0.39 is 0 Å². The van der Waals surface area contributed by atoms with E-state index in [0.29, 0.717) is 5.75 Å². The Hall–Kier alpha value is -1.89. The van der Waals surface area contributed by atoms with Crippen LogP contribution in [0.15, 0.2) is 30.5 Å². The number of benzene rings is 1. The first-order valence-electron chi connectivity index (χ1n) is 5.09. The number of hydrogen-bond acceptors (Lipinski definition) is 6. The van der Waals surface area contributed by atoms with Crippen molar-refractivity contribution in [1.82, 2.24) is 9.97 Å². The van der Waals surface area contributed by atoms with Crippen LogP contribution in [0.3, 0.4) is 0 Å². The van der Waals surface area contributed by atoms with Crippen LogP contribution < -0.4 is 16.0 Å². The number of halogens is 1. The standard InChI is InChI=1S/C11H11ClN4O2/c12-9-5-14-11(16-13)15-10(9)18-8-3-1-7(6-17)2-4-8/h1-5,17H,6,13H2,(H,14,15,16). The molecule has 2 rings (SSSR count). The SMILES string of the molecule is NNc1ncc(Cl)c(Oc2ccc(CO)cc2)n1. The van der Waals surface area contributed by atoms with Gasteiger partial charge in [0, 0.05) is 0 Å². The summed E-state index contributed by atoms with van der Waals surface area (Å²) in [4.78, 5) is 7.81. The van der Waals surface area contributed by atoms with Gasteiger partial charge in [0.25, 0.3) is 0 Å². The molecule has 0 unspecified atom stereocenters. The van der Waals surface area contributed by atoms with Gasteiger partial charge in [-0.3, -0.25) is 5.43 Å². The molecule has 0 saturated carbocycles. The lowest BCUT2D eigenvalue weighted by atomic mass is 10.2. The molecule has 7 heteroatoms. The van der Waals surface area contributed by atoms with Crippen molar-refractivity contribution in [3.8, 4) is 11.6 Å². The molecule has 0 bridgehead atoms. The first-order chi connectivity index (χ1) is 8.72. The van der Waals surface area contributed by atoms with E-state index in [9.17, 15) is 0 Å². The average molecular weight is 267 g/mol. The molecule has 0 amide bonds. The predicted octanol–water partition coefficient (Wildman–Crippen LogP) is 1.70. The van der Waals surface area contributed by atoms with Crippen molar-refractivity contribution < 1.29 is 9.84 Å². The summed E-state index contributed by atoms with van der Waals surface area (Å²) in [5.74, 6) is 6.16. The molecule has 2 aromatic rings. The lowest BCUT2D eigenvalue weighted by Crippen LogP contribution is -2.10. The van der Waals surface area contributed by atoms with Crippen LogP contribution in [0.2, 0.25) is 5.02 Å². The molecule has 0 atom stereocenters. The molecule has 1 aromatic heterocycles. The highest BCUT2D eigenvalue weighted by molar-refractivity contribution is 6.31. The van der Waals surface area contributed by atoms with Crippen LogP contribution in [0.4, 0.5) is 5.95 Å². The summed E-state index contributed by atoms with van der Waals surface area (Å²) in [5.41, 5.74) is 3.10. The lowest BCUT2D eigenvalue weighted by Gasteiger charge is -2.07. The normalized spacial score (nSPS) is 10.2. The number of aromatic nitrogens is 2. The lowest BCUT2D eigenvalue weighted by molar-refractivity contribution is 0.281. The molecular formula is C11H11ClN4O2. The van der Waals surface area contributed by atoms with Gasteiger partial charge in [0.1, 0.15) is 10.8 Å². The Morgan fingerprint density at radius 2 is 2.06 bits per heavy atom. The van der Waals surface area contributed by atoms with Crippen molar-refractivity contribution in [2.45, 2.75) is 6.61 Å². The van der Waals surface area contributed by atoms with Crippen LogP contribution in [-0.2, 0) is 6.61 Å². The van der Waals surface area contributed by atoms with E-state index in [-0.39, 0.29) is 23.5 Å². The second kappa shape index (κ2) is 5.63. The van der Waals surface area contributed by atoms with Crippen molar-refractivity contribution in [3.63, 3.8) is 0 Å². The molecule has 0 radical (unpaired) electrons. The van der Waals surface area contributed by atoms with Gasteiger partial charge >= 0.3 is 0 Å². The monoisotopic (exact) mass is 266 g/mol. The van der Waals surface area contributed by atoms with Crippen LogP contribution in [0.1, 0.15) is 5.56 Å². The molecule has 0 aliphatic carbocycles. The Bertz CT molecular complexity index is 533. The van der Waals surface area contributed by atoms with E-state index in [1.165, 1.54) is 6.20 Å². The maximum Gasteiger partial charge on any atom is 0.243 e. The van der Waals surface area contributed by atoms with Gasteiger partial charge in [-0.05, 0) is 17.7 Å². The minimum atomic E-state index is -0.0181. The first kappa shape index (κ1) is 12.6. The molecule has 0 fully saturated rings. The molecule has 0 saturated heterocycles. The smallest absolute Gasteiger partial charge is 0.243 e. The summed E-state index contributed by atoms with van der Waals surface area (Å²) in [6.45, 7) is -0.0181. The number of hydrazine groups is 1. The number of hydrogen-bond donors (Lipinski definition) is 3. The molecule has 94 valence electrons. The summed E-state index contributed by atoms with van der Waals surface area (Å²) in [6, 6.07) is 6.90. The molecule has 6 nitrogen and oxygen atoms in total. The fourth-order valence-corrected chi connectivity index (χ4v) is 1.40. The molecule has 0 aliphatic heterocycles. The first-order valence-corrected chi connectivity index (χ1v) is 5.47. The van der Waals surface area contributed by atoms with E-state index in [1.807, 2.05) is 0 Å². The van der Waals surface area contributed by atoms with Gasteiger partial charge in [-0.25, -0.2) is 10.8 Å². The van der Waals surface area contributed by atoms with Gasteiger partial charge in [0.2, 0.25) is 11.8 Å². The zero-order valence-corrected chi connectivity index (χ0v) is 10.1. The zero-order valence-electron chi connectivity index (χ0n) is 9.30. The number of nitrogen functional groups attached to an aromatic ring is 1. The summed E-state index contributed by atoms with van der Waals surface area (Å²) in [6.07, 6.45) is 1.39. The van der Waals surface area contributed by atoms with Crippen LogP contribution in [-0.4, -0.2) is 15.1 Å². The molecule has 0 spiro atoms. The number of aliphatic hydroxyl groups is 1. The topological polar surface area (TPSA) is 93.3 Å². The van der Waals surface area contributed by atoms with Crippen molar-refractivity contribution >= 4 is 17.5 Å². The third kappa shape index (κ3) is 2.86. The van der Waals surface area contributed by atoms with Gasteiger partial charge in [-0.2, -0.15) is 4.98 Å². The molecule has 4 N–H and O–H groups in total. The van der Waals surface area contributed by atoms with Crippen molar-refractivity contribution in [3.05, 3.63) is 41.0 Å².